The van der Waals surface area contributed by atoms with Crippen LogP contribution >= 0.6 is 11.6 Å². The second-order valence-corrected chi connectivity index (χ2v) is 7.25. The molecule has 0 aliphatic carbocycles. The van der Waals surface area contributed by atoms with Gasteiger partial charge in [0.15, 0.2) is 0 Å². The van der Waals surface area contributed by atoms with Crippen LogP contribution in [0.3, 0.4) is 0 Å². The summed E-state index contributed by atoms with van der Waals surface area (Å²) in [6.45, 7) is -0.270. The summed E-state index contributed by atoms with van der Waals surface area (Å²) < 4.78 is 27.4. The Balaban J connectivity index is 2.20. The van der Waals surface area contributed by atoms with Gasteiger partial charge in [-0.1, -0.05) is 41.9 Å². The van der Waals surface area contributed by atoms with Gasteiger partial charge in [0.25, 0.3) is 5.91 Å². The molecule has 2 aromatic carbocycles. The van der Waals surface area contributed by atoms with Crippen LogP contribution in [0.15, 0.2) is 53.4 Å². The van der Waals surface area contributed by atoms with Gasteiger partial charge in [-0.2, -0.15) is 0 Å². The molecule has 0 bridgehead atoms. The molecule has 0 spiro atoms. The van der Waals surface area contributed by atoms with Gasteiger partial charge in [0, 0.05) is 12.1 Å². The second kappa shape index (κ2) is 8.11. The average Bonchev–Trinajstić information content (AvgIpc) is 2.59. The molecule has 132 valence electrons. The number of primary amides is 1. The Labute approximate surface area is 150 Å². The largest absolute Gasteiger partial charge is 0.368 e. The van der Waals surface area contributed by atoms with Gasteiger partial charge >= 0.3 is 0 Å². The average molecular weight is 382 g/mol. The minimum Gasteiger partial charge on any atom is -0.368 e. The van der Waals surface area contributed by atoms with E-state index in [4.69, 9.17) is 17.3 Å². The molecule has 2 amide bonds. The molecule has 0 aliphatic heterocycles. The van der Waals surface area contributed by atoms with Gasteiger partial charge in [-0.25, -0.2) is 13.1 Å². The highest BCUT2D eigenvalue weighted by Gasteiger charge is 2.20. The summed E-state index contributed by atoms with van der Waals surface area (Å²) in [5.41, 5.74) is 5.78. The molecule has 9 heteroatoms. The van der Waals surface area contributed by atoms with Crippen molar-refractivity contribution in [3.05, 3.63) is 64.7 Å². The Morgan fingerprint density at radius 3 is 2.40 bits per heavy atom. The van der Waals surface area contributed by atoms with E-state index in [9.17, 15) is 18.0 Å². The van der Waals surface area contributed by atoms with Crippen molar-refractivity contribution in [2.24, 2.45) is 5.73 Å². The molecule has 4 N–H and O–H groups in total. The molecule has 0 aliphatic rings. The number of carbonyl (C=O) groups is 2. The first kappa shape index (κ1) is 18.9. The molecule has 0 heterocycles. The summed E-state index contributed by atoms with van der Waals surface area (Å²) in [5.74, 6) is -1.34. The zero-order chi connectivity index (χ0) is 18.4. The molecule has 0 atom stereocenters. The lowest BCUT2D eigenvalue weighted by molar-refractivity contribution is -0.117. The number of amides is 2. The minimum absolute atomic E-state index is 0.0213. The van der Waals surface area contributed by atoms with E-state index in [1.165, 1.54) is 12.1 Å². The first-order chi connectivity index (χ1) is 11.8. The molecule has 25 heavy (non-hydrogen) atoms. The van der Waals surface area contributed by atoms with E-state index in [1.807, 2.05) is 6.07 Å². The number of hydrogen-bond donors (Lipinski definition) is 3. The van der Waals surface area contributed by atoms with Crippen molar-refractivity contribution < 1.29 is 18.0 Å². The van der Waals surface area contributed by atoms with Gasteiger partial charge in [-0.3, -0.25) is 9.59 Å². The maximum absolute atomic E-state index is 12.5. The van der Waals surface area contributed by atoms with Gasteiger partial charge < -0.3 is 11.1 Å². The molecule has 0 fully saturated rings. The van der Waals surface area contributed by atoms with Crippen LogP contribution in [0.4, 0.5) is 0 Å². The fourth-order valence-electron chi connectivity index (χ4n) is 1.97. The number of rotatable bonds is 7. The summed E-state index contributed by atoms with van der Waals surface area (Å²) >= 11 is 5.97. The number of benzene rings is 2. The van der Waals surface area contributed by atoms with E-state index in [0.717, 1.165) is 11.6 Å². The van der Waals surface area contributed by atoms with Crippen molar-refractivity contribution in [1.82, 2.24) is 10.0 Å². The lowest BCUT2D eigenvalue weighted by atomic mass is 10.2. The predicted octanol–water partition coefficient (Wildman–Crippen LogP) is 1.03. The molecule has 0 unspecified atom stereocenters. The molecule has 2 aromatic rings. The monoisotopic (exact) mass is 381 g/mol. The fraction of sp³-hybridized carbons (Fsp3) is 0.125. The van der Waals surface area contributed by atoms with Crippen LogP contribution < -0.4 is 15.8 Å². The fourth-order valence-corrected chi connectivity index (χ4v) is 3.51. The van der Waals surface area contributed by atoms with Crippen LogP contribution in [0.5, 0.6) is 0 Å². The highest BCUT2D eigenvalue weighted by Crippen LogP contribution is 2.23. The lowest BCUT2D eigenvalue weighted by Gasteiger charge is -2.10. The Bertz CT molecular complexity index is 886. The lowest BCUT2D eigenvalue weighted by Crippen LogP contribution is -2.33. The number of nitrogens with one attached hydrogen (secondary N) is 2. The van der Waals surface area contributed by atoms with E-state index < -0.39 is 21.8 Å². The van der Waals surface area contributed by atoms with Crippen LogP contribution in [0.1, 0.15) is 15.9 Å². The number of nitrogens with two attached hydrogens (primary N) is 1. The summed E-state index contributed by atoms with van der Waals surface area (Å²) in [5, 5.41) is 2.26. The van der Waals surface area contributed by atoms with E-state index in [1.54, 1.807) is 24.3 Å². The maximum atomic E-state index is 12.5. The van der Waals surface area contributed by atoms with Crippen molar-refractivity contribution in [2.75, 3.05) is 6.54 Å². The number of hydrogen-bond acceptors (Lipinski definition) is 4. The van der Waals surface area contributed by atoms with E-state index >= 15 is 0 Å². The molecule has 0 saturated heterocycles. The summed E-state index contributed by atoms with van der Waals surface area (Å²) in [4.78, 5) is 22.4. The quantitative estimate of drug-likeness (QED) is 0.663. The number of halogens is 1. The highest BCUT2D eigenvalue weighted by molar-refractivity contribution is 7.89. The molecule has 7 nitrogen and oxygen atoms in total. The van der Waals surface area contributed by atoms with E-state index in [2.05, 4.69) is 10.0 Å². The zero-order valence-electron chi connectivity index (χ0n) is 13.0. The number of sulfonamides is 1. The molecular weight excluding hydrogens is 366 g/mol. The highest BCUT2D eigenvalue weighted by atomic mass is 35.5. The molecule has 0 aromatic heterocycles. The summed E-state index contributed by atoms with van der Waals surface area (Å²) in [7, 11) is -3.93. The van der Waals surface area contributed by atoms with Crippen molar-refractivity contribution in [2.45, 2.75) is 11.4 Å². The van der Waals surface area contributed by atoms with Crippen LogP contribution in [0.25, 0.3) is 0 Å². The van der Waals surface area contributed by atoms with Crippen molar-refractivity contribution in [3.8, 4) is 0 Å². The van der Waals surface area contributed by atoms with Gasteiger partial charge in [0.05, 0.1) is 11.6 Å². The second-order valence-electron chi connectivity index (χ2n) is 5.10. The van der Waals surface area contributed by atoms with E-state index in [0.29, 0.717) is 0 Å². The third-order valence-electron chi connectivity index (χ3n) is 3.22. The van der Waals surface area contributed by atoms with Gasteiger partial charge in [0.1, 0.15) is 4.90 Å². The molecular formula is C16H16ClN3O4S. The van der Waals surface area contributed by atoms with E-state index in [-0.39, 0.29) is 28.6 Å². The molecule has 0 radical (unpaired) electrons. The van der Waals surface area contributed by atoms with Crippen LogP contribution in [-0.2, 0) is 21.4 Å². The first-order valence-electron chi connectivity index (χ1n) is 7.19. The smallest absolute Gasteiger partial charge is 0.251 e. The summed E-state index contributed by atoms with van der Waals surface area (Å²) in [6.07, 6.45) is 0. The first-order valence-corrected chi connectivity index (χ1v) is 9.05. The topological polar surface area (TPSA) is 118 Å². The Kier molecular flexibility index (Phi) is 6.13. The van der Waals surface area contributed by atoms with Crippen LogP contribution in [-0.4, -0.2) is 26.8 Å². The molecule has 0 saturated carbocycles. The standard InChI is InChI=1S/C16H16ClN3O4S/c17-13-7-6-12(16(22)19-10-15(18)21)8-14(13)25(23,24)20-9-11-4-2-1-3-5-11/h1-8,20H,9-10H2,(H2,18,21)(H,19,22). The maximum Gasteiger partial charge on any atom is 0.251 e. The van der Waals surface area contributed by atoms with Gasteiger partial charge in [-0.05, 0) is 23.8 Å². The van der Waals surface area contributed by atoms with Crippen molar-refractivity contribution in [3.63, 3.8) is 0 Å². The number of carbonyl (C=O) groups excluding carboxylic acids is 2. The Morgan fingerprint density at radius 1 is 1.08 bits per heavy atom. The van der Waals surface area contributed by atoms with Crippen molar-refractivity contribution >= 4 is 33.4 Å². The minimum atomic E-state index is -3.93. The normalized spacial score (nSPS) is 11.1. The molecule has 2 rings (SSSR count). The van der Waals surface area contributed by atoms with Crippen LogP contribution in [0, 0.1) is 0 Å². The Morgan fingerprint density at radius 2 is 1.76 bits per heavy atom. The van der Waals surface area contributed by atoms with Gasteiger partial charge in [-0.15, -0.1) is 0 Å². The third-order valence-corrected chi connectivity index (χ3v) is 5.10. The predicted molar refractivity (Wildman–Crippen MR) is 93.4 cm³/mol. The zero-order valence-corrected chi connectivity index (χ0v) is 14.6. The van der Waals surface area contributed by atoms with Crippen molar-refractivity contribution in [1.29, 1.82) is 0 Å². The van der Waals surface area contributed by atoms with Gasteiger partial charge in [0.2, 0.25) is 15.9 Å². The van der Waals surface area contributed by atoms with Crippen LogP contribution in [0.2, 0.25) is 5.02 Å². The third kappa shape index (κ3) is 5.28. The SMILES string of the molecule is NC(=O)CNC(=O)c1ccc(Cl)c(S(=O)(=O)NCc2ccccc2)c1. The Hall–Kier alpha value is -2.42. The summed E-state index contributed by atoms with van der Waals surface area (Å²) in [6, 6.07) is 12.8.